The first-order valence-corrected chi connectivity index (χ1v) is 12.0. The van der Waals surface area contributed by atoms with Crippen LogP contribution in [-0.2, 0) is 14.8 Å². The maximum Gasteiger partial charge on any atom is 0.264 e. The van der Waals surface area contributed by atoms with Crippen LogP contribution in [0, 0.1) is 6.92 Å². The third-order valence-electron chi connectivity index (χ3n) is 4.99. The fourth-order valence-electron chi connectivity index (χ4n) is 3.22. The molecule has 3 rings (SSSR count). The highest BCUT2D eigenvalue weighted by Crippen LogP contribution is 2.35. The Balaban J connectivity index is 2.02. The Morgan fingerprint density at radius 3 is 2.21 bits per heavy atom. The number of aryl methyl sites for hydroxylation is 1. The van der Waals surface area contributed by atoms with Crippen LogP contribution in [-0.4, -0.2) is 42.2 Å². The zero-order chi connectivity index (χ0) is 24.9. The van der Waals surface area contributed by atoms with Gasteiger partial charge in [-0.05, 0) is 49.4 Å². The number of sulfonamides is 1. The lowest BCUT2D eigenvalue weighted by molar-refractivity contribution is -0.114. The van der Waals surface area contributed by atoms with Gasteiger partial charge in [0.2, 0.25) is 5.91 Å². The third kappa shape index (κ3) is 5.55. The van der Waals surface area contributed by atoms with Gasteiger partial charge in [0.05, 0.1) is 37.6 Å². The lowest BCUT2D eigenvalue weighted by Gasteiger charge is -2.26. The standard InChI is InChI=1S/C24H25ClN2O6S/c1-16-5-9-19(10-6-16)34(29,30)27(21-13-17(25)7-12-22(21)32-3)15-24(28)26-20-11-8-18(31-2)14-23(20)33-4/h5-14H,15H2,1-4H3,(H,26,28). The SMILES string of the molecule is COc1ccc(NC(=O)CN(c2cc(Cl)ccc2OC)S(=O)(=O)c2ccc(C)cc2)c(OC)c1. The number of anilines is 2. The molecular weight excluding hydrogens is 480 g/mol. The quantitative estimate of drug-likeness (QED) is 0.461. The Labute approximate surface area is 204 Å². The van der Waals surface area contributed by atoms with E-state index < -0.39 is 22.5 Å². The summed E-state index contributed by atoms with van der Waals surface area (Å²) in [5.41, 5.74) is 1.39. The molecule has 0 atom stereocenters. The van der Waals surface area contributed by atoms with E-state index in [9.17, 15) is 13.2 Å². The molecule has 180 valence electrons. The van der Waals surface area contributed by atoms with Gasteiger partial charge in [-0.3, -0.25) is 9.10 Å². The maximum absolute atomic E-state index is 13.6. The van der Waals surface area contributed by atoms with Crippen molar-refractivity contribution >= 4 is 38.9 Å². The molecule has 3 aromatic carbocycles. The van der Waals surface area contributed by atoms with Crippen LogP contribution in [0.5, 0.6) is 17.2 Å². The van der Waals surface area contributed by atoms with Crippen LogP contribution in [0.2, 0.25) is 5.02 Å². The Morgan fingerprint density at radius 1 is 0.912 bits per heavy atom. The number of rotatable bonds is 9. The summed E-state index contributed by atoms with van der Waals surface area (Å²) >= 11 is 6.16. The molecule has 34 heavy (non-hydrogen) atoms. The van der Waals surface area contributed by atoms with Crippen molar-refractivity contribution in [3.8, 4) is 17.2 Å². The predicted molar refractivity (Wildman–Crippen MR) is 132 cm³/mol. The van der Waals surface area contributed by atoms with Crippen molar-refractivity contribution in [3.63, 3.8) is 0 Å². The van der Waals surface area contributed by atoms with Gasteiger partial charge in [0.25, 0.3) is 10.0 Å². The largest absolute Gasteiger partial charge is 0.497 e. The topological polar surface area (TPSA) is 94.2 Å². The van der Waals surface area contributed by atoms with E-state index in [2.05, 4.69) is 5.32 Å². The highest BCUT2D eigenvalue weighted by molar-refractivity contribution is 7.92. The molecule has 10 heteroatoms. The van der Waals surface area contributed by atoms with E-state index in [4.69, 9.17) is 25.8 Å². The van der Waals surface area contributed by atoms with Crippen molar-refractivity contribution in [1.29, 1.82) is 0 Å². The van der Waals surface area contributed by atoms with Gasteiger partial charge in [0.1, 0.15) is 23.8 Å². The minimum Gasteiger partial charge on any atom is -0.497 e. The highest BCUT2D eigenvalue weighted by Gasteiger charge is 2.30. The summed E-state index contributed by atoms with van der Waals surface area (Å²) in [6, 6.07) is 15.8. The number of carbonyl (C=O) groups is 1. The number of hydrogen-bond donors (Lipinski definition) is 1. The molecule has 1 N–H and O–H groups in total. The van der Waals surface area contributed by atoms with Crippen molar-refractivity contribution in [2.24, 2.45) is 0 Å². The van der Waals surface area contributed by atoms with E-state index in [0.717, 1.165) is 9.87 Å². The first-order chi connectivity index (χ1) is 16.2. The summed E-state index contributed by atoms with van der Waals surface area (Å²) in [7, 11) is 0.224. The van der Waals surface area contributed by atoms with Crippen molar-refractivity contribution in [2.75, 3.05) is 37.5 Å². The molecule has 0 radical (unpaired) electrons. The van der Waals surface area contributed by atoms with E-state index in [1.54, 1.807) is 42.5 Å². The number of ether oxygens (including phenoxy) is 3. The average molecular weight is 505 g/mol. The van der Waals surface area contributed by atoms with Crippen LogP contribution < -0.4 is 23.8 Å². The first kappa shape index (κ1) is 25.2. The highest BCUT2D eigenvalue weighted by atomic mass is 35.5. The summed E-state index contributed by atoms with van der Waals surface area (Å²) < 4.78 is 44.1. The second kappa shape index (κ2) is 10.7. The molecule has 0 bridgehead atoms. The van der Waals surface area contributed by atoms with E-state index in [1.165, 1.54) is 39.5 Å². The molecule has 3 aromatic rings. The summed E-state index contributed by atoms with van der Waals surface area (Å²) in [4.78, 5) is 13.1. The monoisotopic (exact) mass is 504 g/mol. The van der Waals surface area contributed by atoms with Crippen molar-refractivity contribution < 1.29 is 27.4 Å². The van der Waals surface area contributed by atoms with E-state index in [1.807, 2.05) is 6.92 Å². The zero-order valence-electron chi connectivity index (χ0n) is 19.2. The summed E-state index contributed by atoms with van der Waals surface area (Å²) in [5.74, 6) is 0.555. The molecule has 0 aliphatic carbocycles. The smallest absolute Gasteiger partial charge is 0.264 e. The minimum absolute atomic E-state index is 0.0231. The van der Waals surface area contributed by atoms with Crippen LogP contribution in [0.3, 0.4) is 0 Å². The van der Waals surface area contributed by atoms with Crippen LogP contribution in [0.15, 0.2) is 65.6 Å². The molecule has 0 spiro atoms. The first-order valence-electron chi connectivity index (χ1n) is 10.1. The van der Waals surface area contributed by atoms with Crippen molar-refractivity contribution in [1.82, 2.24) is 0 Å². The molecule has 0 unspecified atom stereocenters. The van der Waals surface area contributed by atoms with Crippen LogP contribution >= 0.6 is 11.6 Å². The molecule has 0 aliphatic heterocycles. The number of methoxy groups -OCH3 is 3. The van der Waals surface area contributed by atoms with Gasteiger partial charge in [-0.2, -0.15) is 0 Å². The third-order valence-corrected chi connectivity index (χ3v) is 7.00. The maximum atomic E-state index is 13.6. The Hall–Kier alpha value is -3.43. The number of nitrogens with zero attached hydrogens (tertiary/aromatic N) is 1. The number of halogens is 1. The summed E-state index contributed by atoms with van der Waals surface area (Å²) in [6.07, 6.45) is 0. The lowest BCUT2D eigenvalue weighted by atomic mass is 10.2. The molecule has 0 saturated heterocycles. The normalized spacial score (nSPS) is 11.0. The number of nitrogens with one attached hydrogen (secondary N) is 1. The molecule has 1 amide bonds. The summed E-state index contributed by atoms with van der Waals surface area (Å²) in [5, 5.41) is 2.99. The second-order valence-electron chi connectivity index (χ2n) is 7.26. The number of benzene rings is 3. The van der Waals surface area contributed by atoms with Gasteiger partial charge >= 0.3 is 0 Å². The van der Waals surface area contributed by atoms with Crippen LogP contribution in [0.25, 0.3) is 0 Å². The van der Waals surface area contributed by atoms with E-state index in [-0.39, 0.29) is 21.4 Å². The molecule has 0 aromatic heterocycles. The fraction of sp³-hybridized carbons (Fsp3) is 0.208. The Kier molecular flexibility index (Phi) is 7.90. The summed E-state index contributed by atoms with van der Waals surface area (Å²) in [6.45, 7) is 1.31. The van der Waals surface area contributed by atoms with Gasteiger partial charge < -0.3 is 19.5 Å². The molecule has 8 nitrogen and oxygen atoms in total. The van der Waals surface area contributed by atoms with Gasteiger partial charge in [0, 0.05) is 11.1 Å². The fourth-order valence-corrected chi connectivity index (χ4v) is 4.81. The molecule has 0 heterocycles. The average Bonchev–Trinajstić information content (AvgIpc) is 2.83. The van der Waals surface area contributed by atoms with Gasteiger partial charge in [0.15, 0.2) is 0 Å². The van der Waals surface area contributed by atoms with Gasteiger partial charge in [-0.1, -0.05) is 29.3 Å². The van der Waals surface area contributed by atoms with Gasteiger partial charge in [-0.25, -0.2) is 8.42 Å². The lowest BCUT2D eigenvalue weighted by Crippen LogP contribution is -2.38. The van der Waals surface area contributed by atoms with Crippen molar-refractivity contribution in [2.45, 2.75) is 11.8 Å². The number of hydrogen-bond acceptors (Lipinski definition) is 6. The molecule has 0 saturated carbocycles. The minimum atomic E-state index is -4.15. The predicted octanol–water partition coefficient (Wildman–Crippen LogP) is 4.51. The zero-order valence-corrected chi connectivity index (χ0v) is 20.7. The number of amides is 1. The Morgan fingerprint density at radius 2 is 1.59 bits per heavy atom. The molecule has 0 fully saturated rings. The second-order valence-corrected chi connectivity index (χ2v) is 9.55. The van der Waals surface area contributed by atoms with Crippen LogP contribution in [0.4, 0.5) is 11.4 Å². The number of carbonyl (C=O) groups excluding carboxylic acids is 1. The van der Waals surface area contributed by atoms with E-state index in [0.29, 0.717) is 17.2 Å². The molecule has 0 aliphatic rings. The van der Waals surface area contributed by atoms with Crippen molar-refractivity contribution in [3.05, 3.63) is 71.2 Å². The molecular formula is C24H25ClN2O6S. The van der Waals surface area contributed by atoms with Gasteiger partial charge in [-0.15, -0.1) is 0 Å². The van der Waals surface area contributed by atoms with E-state index >= 15 is 0 Å². The Bertz CT molecular complexity index is 1280. The van der Waals surface area contributed by atoms with Crippen LogP contribution in [0.1, 0.15) is 5.56 Å².